The van der Waals surface area contributed by atoms with Crippen LogP contribution in [0.3, 0.4) is 0 Å². The summed E-state index contributed by atoms with van der Waals surface area (Å²) in [6.07, 6.45) is 5.28. The lowest BCUT2D eigenvalue weighted by molar-refractivity contribution is -0.134. The van der Waals surface area contributed by atoms with E-state index in [0.29, 0.717) is 18.2 Å². The molecule has 2 fully saturated rings. The van der Waals surface area contributed by atoms with Crippen LogP contribution in [0, 0.1) is 11.8 Å². The number of nitrogens with one attached hydrogen (secondary N) is 1. The maximum absolute atomic E-state index is 12.8. The molecule has 0 radical (unpaired) electrons. The Morgan fingerprint density at radius 3 is 2.96 bits per heavy atom. The average molecular weight is 372 g/mol. The van der Waals surface area contributed by atoms with Gasteiger partial charge in [0.25, 0.3) is 0 Å². The number of ether oxygens (including phenoxy) is 2. The van der Waals surface area contributed by atoms with Gasteiger partial charge in [-0.3, -0.25) is 9.89 Å². The van der Waals surface area contributed by atoms with Crippen LogP contribution in [0.5, 0.6) is 5.88 Å². The fraction of sp³-hybridized carbons (Fsp3) is 0.650. The number of hydrogen-bond acceptors (Lipinski definition) is 5. The molecule has 0 saturated carbocycles. The molecule has 0 aliphatic carbocycles. The van der Waals surface area contributed by atoms with E-state index in [1.807, 2.05) is 17.9 Å². The van der Waals surface area contributed by atoms with E-state index in [1.165, 1.54) is 0 Å². The van der Waals surface area contributed by atoms with E-state index < -0.39 is 0 Å². The highest BCUT2D eigenvalue weighted by molar-refractivity contribution is 5.87. The van der Waals surface area contributed by atoms with Crippen LogP contribution in [-0.4, -0.2) is 58.4 Å². The fourth-order valence-corrected chi connectivity index (χ4v) is 4.02. The number of aromatic amines is 1. The highest BCUT2D eigenvalue weighted by Gasteiger charge is 2.28. The Morgan fingerprint density at radius 2 is 2.22 bits per heavy atom. The van der Waals surface area contributed by atoms with Crippen LogP contribution < -0.4 is 4.74 Å². The number of likely N-dealkylation sites (tertiary alicyclic amines) is 1. The van der Waals surface area contributed by atoms with E-state index in [9.17, 15) is 4.79 Å². The number of H-pyrrole nitrogens is 1. The Kier molecular flexibility index (Phi) is 5.29. The number of rotatable bonds is 5. The summed E-state index contributed by atoms with van der Waals surface area (Å²) >= 11 is 0. The first-order valence-corrected chi connectivity index (χ1v) is 9.97. The molecule has 2 aromatic heterocycles. The van der Waals surface area contributed by atoms with Crippen LogP contribution in [0.2, 0.25) is 0 Å². The third kappa shape index (κ3) is 3.93. The monoisotopic (exact) mass is 372 g/mol. The van der Waals surface area contributed by atoms with Gasteiger partial charge < -0.3 is 14.4 Å². The van der Waals surface area contributed by atoms with E-state index in [1.54, 1.807) is 6.20 Å². The summed E-state index contributed by atoms with van der Waals surface area (Å²) < 4.78 is 11.6. The van der Waals surface area contributed by atoms with Gasteiger partial charge >= 0.3 is 0 Å². The minimum Gasteiger partial charge on any atom is -0.474 e. The van der Waals surface area contributed by atoms with Crippen molar-refractivity contribution in [2.45, 2.75) is 45.6 Å². The van der Waals surface area contributed by atoms with Crippen molar-refractivity contribution in [3.05, 3.63) is 18.0 Å². The molecule has 7 nitrogen and oxygen atoms in total. The summed E-state index contributed by atoms with van der Waals surface area (Å²) in [6.45, 7) is 7.37. The third-order valence-electron chi connectivity index (χ3n) is 5.62. The number of carbonyl (C=O) groups is 1. The highest BCUT2D eigenvalue weighted by Crippen LogP contribution is 2.29. The number of amides is 1. The number of nitrogens with zero attached hydrogens (tertiary/aromatic N) is 3. The largest absolute Gasteiger partial charge is 0.474 e. The number of aromatic nitrogens is 3. The zero-order valence-electron chi connectivity index (χ0n) is 16.1. The van der Waals surface area contributed by atoms with Gasteiger partial charge in [0.1, 0.15) is 6.10 Å². The van der Waals surface area contributed by atoms with Crippen molar-refractivity contribution in [2.75, 3.05) is 26.3 Å². The molecule has 4 heterocycles. The van der Waals surface area contributed by atoms with E-state index in [0.717, 1.165) is 62.2 Å². The van der Waals surface area contributed by atoms with Gasteiger partial charge in [0, 0.05) is 50.2 Å². The zero-order valence-corrected chi connectivity index (χ0v) is 16.1. The summed E-state index contributed by atoms with van der Waals surface area (Å²) in [6, 6.07) is 1.88. The average Bonchev–Trinajstić information content (AvgIpc) is 3.29. The van der Waals surface area contributed by atoms with Crippen LogP contribution in [0.25, 0.3) is 10.9 Å². The summed E-state index contributed by atoms with van der Waals surface area (Å²) in [5.74, 6) is 1.32. The first-order valence-electron chi connectivity index (χ1n) is 9.97. The molecule has 1 amide bonds. The number of carbonyl (C=O) groups excluding carboxylic acids is 1. The van der Waals surface area contributed by atoms with Crippen molar-refractivity contribution in [3.8, 4) is 5.88 Å². The van der Waals surface area contributed by atoms with E-state index in [4.69, 9.17) is 9.47 Å². The lowest BCUT2D eigenvalue weighted by Crippen LogP contribution is -2.34. The third-order valence-corrected chi connectivity index (χ3v) is 5.62. The van der Waals surface area contributed by atoms with Crippen LogP contribution in [-0.2, 0) is 16.0 Å². The van der Waals surface area contributed by atoms with E-state index in [2.05, 4.69) is 22.1 Å². The number of pyridine rings is 1. The first kappa shape index (κ1) is 18.2. The molecule has 2 saturated heterocycles. The van der Waals surface area contributed by atoms with Gasteiger partial charge in [-0.15, -0.1) is 0 Å². The molecule has 146 valence electrons. The van der Waals surface area contributed by atoms with Crippen LogP contribution in [0.15, 0.2) is 12.3 Å². The predicted octanol–water partition coefficient (Wildman–Crippen LogP) is 2.56. The fourth-order valence-electron chi connectivity index (χ4n) is 4.02. The maximum Gasteiger partial charge on any atom is 0.225 e. The second kappa shape index (κ2) is 7.84. The Bertz CT molecular complexity index is 800. The minimum atomic E-state index is -0.102. The molecule has 2 atom stereocenters. The molecule has 2 aliphatic heterocycles. The molecule has 4 rings (SSSR count). The maximum atomic E-state index is 12.8. The summed E-state index contributed by atoms with van der Waals surface area (Å²) in [5, 5.41) is 8.41. The topological polar surface area (TPSA) is 80.3 Å². The van der Waals surface area contributed by atoms with Gasteiger partial charge in [0.05, 0.1) is 24.1 Å². The Labute approximate surface area is 159 Å². The van der Waals surface area contributed by atoms with Crippen molar-refractivity contribution >= 4 is 16.8 Å². The Morgan fingerprint density at radius 1 is 1.41 bits per heavy atom. The van der Waals surface area contributed by atoms with E-state index in [-0.39, 0.29) is 17.9 Å². The normalized spacial score (nSPS) is 22.3. The highest BCUT2D eigenvalue weighted by atomic mass is 16.5. The van der Waals surface area contributed by atoms with Crippen molar-refractivity contribution in [3.63, 3.8) is 0 Å². The molecule has 7 heteroatoms. The van der Waals surface area contributed by atoms with Crippen LogP contribution in [0.1, 0.15) is 38.8 Å². The molecule has 27 heavy (non-hydrogen) atoms. The quantitative estimate of drug-likeness (QED) is 0.872. The van der Waals surface area contributed by atoms with Crippen molar-refractivity contribution in [2.24, 2.45) is 11.8 Å². The van der Waals surface area contributed by atoms with Gasteiger partial charge in [-0.25, -0.2) is 4.98 Å². The van der Waals surface area contributed by atoms with Crippen LogP contribution >= 0.6 is 0 Å². The summed E-state index contributed by atoms with van der Waals surface area (Å²) in [7, 11) is 0. The van der Waals surface area contributed by atoms with E-state index >= 15 is 0 Å². The van der Waals surface area contributed by atoms with Crippen molar-refractivity contribution in [1.82, 2.24) is 20.1 Å². The molecule has 2 aliphatic rings. The predicted molar refractivity (Wildman–Crippen MR) is 102 cm³/mol. The number of fused-ring (bicyclic) bond motifs is 1. The summed E-state index contributed by atoms with van der Waals surface area (Å²) in [5.41, 5.74) is 1.75. The Balaban J connectivity index is 1.52. The van der Waals surface area contributed by atoms with Gasteiger partial charge in [-0.2, -0.15) is 5.10 Å². The first-order chi connectivity index (χ1) is 13.1. The van der Waals surface area contributed by atoms with Crippen LogP contribution in [0.4, 0.5) is 0 Å². The zero-order chi connectivity index (χ0) is 18.8. The lowest BCUT2D eigenvalue weighted by atomic mass is 10.0. The van der Waals surface area contributed by atoms with Crippen molar-refractivity contribution in [1.29, 1.82) is 0 Å². The molecule has 2 aromatic rings. The smallest absolute Gasteiger partial charge is 0.225 e. The molecule has 0 bridgehead atoms. The molecular weight excluding hydrogens is 344 g/mol. The number of hydrogen-bond donors (Lipinski definition) is 1. The van der Waals surface area contributed by atoms with Gasteiger partial charge in [0.15, 0.2) is 0 Å². The molecule has 0 spiro atoms. The second-order valence-electron chi connectivity index (χ2n) is 7.93. The lowest BCUT2D eigenvalue weighted by Gasteiger charge is -2.23. The van der Waals surface area contributed by atoms with Gasteiger partial charge in [-0.1, -0.05) is 13.8 Å². The molecule has 1 N–H and O–H groups in total. The van der Waals surface area contributed by atoms with Gasteiger partial charge in [0.2, 0.25) is 11.8 Å². The molecule has 1 unspecified atom stereocenters. The van der Waals surface area contributed by atoms with Gasteiger partial charge in [-0.05, 0) is 18.4 Å². The SMILES string of the molecule is CC(Cc1[nH]nc2ccnc(OC3CCOCC3)c12)C(=O)N1CC[C@H](C)C1. The second-order valence-corrected chi connectivity index (χ2v) is 7.93. The molecule has 0 aromatic carbocycles. The minimum absolute atomic E-state index is 0.102. The van der Waals surface area contributed by atoms with Crippen molar-refractivity contribution < 1.29 is 14.3 Å². The Hall–Kier alpha value is -2.15. The summed E-state index contributed by atoms with van der Waals surface area (Å²) in [4.78, 5) is 19.2. The standard InChI is InChI=1S/C20H28N4O3/c1-13-4-8-24(12-13)20(25)14(2)11-17-18-16(22-23-17)3-7-21-19(18)27-15-5-9-26-10-6-15/h3,7,13-15H,4-6,8-12H2,1-2H3,(H,22,23)/t13-,14?/m0/s1. The molecular formula is C20H28N4O3.